The Kier molecular flexibility index (Phi) is 5.26. The number of piperidine rings is 1. The van der Waals surface area contributed by atoms with Crippen LogP contribution in [0.2, 0.25) is 0 Å². The topological polar surface area (TPSA) is 101 Å². The van der Waals surface area contributed by atoms with E-state index in [-0.39, 0.29) is 31.1 Å². The van der Waals surface area contributed by atoms with Gasteiger partial charge in [0, 0.05) is 30.9 Å². The van der Waals surface area contributed by atoms with Crippen molar-refractivity contribution in [1.29, 1.82) is 0 Å². The number of carboxylic acid groups (broad SMARTS) is 1. The number of halogens is 3. The first-order chi connectivity index (χ1) is 13.1. The molecule has 0 spiro atoms. The number of fused-ring (bicyclic) bond motifs is 1. The molecule has 2 aromatic rings. The predicted octanol–water partition coefficient (Wildman–Crippen LogP) is 2.02. The van der Waals surface area contributed by atoms with Gasteiger partial charge >= 0.3 is 12.1 Å². The third-order valence-electron chi connectivity index (χ3n) is 5.01. The maximum absolute atomic E-state index is 12.8. The summed E-state index contributed by atoms with van der Waals surface area (Å²) in [5.41, 5.74) is 1.56. The maximum Gasteiger partial charge on any atom is 0.453 e. The van der Waals surface area contributed by atoms with Crippen molar-refractivity contribution >= 4 is 17.7 Å². The highest BCUT2D eigenvalue weighted by Crippen LogP contribution is 2.27. The monoisotopic (exact) mass is 399 g/mol. The van der Waals surface area contributed by atoms with Gasteiger partial charge in [0.15, 0.2) is 0 Å². The van der Waals surface area contributed by atoms with Crippen molar-refractivity contribution in [2.24, 2.45) is 5.92 Å². The molecule has 0 bridgehead atoms. The molecule has 1 aliphatic heterocycles. The molecule has 0 radical (unpaired) electrons. The Morgan fingerprint density at radius 1 is 1.25 bits per heavy atom. The molecular formula is C17H20F3N5O3. The molecule has 1 fully saturated rings. The van der Waals surface area contributed by atoms with Crippen LogP contribution in [-0.2, 0) is 22.2 Å². The van der Waals surface area contributed by atoms with Crippen LogP contribution in [0.1, 0.15) is 42.0 Å². The summed E-state index contributed by atoms with van der Waals surface area (Å²) in [5, 5.41) is 12.6. The van der Waals surface area contributed by atoms with Crippen molar-refractivity contribution in [3.8, 4) is 0 Å². The summed E-state index contributed by atoms with van der Waals surface area (Å²) in [5.74, 6) is -3.05. The molecule has 1 saturated heterocycles. The smallest absolute Gasteiger partial charge is 0.453 e. The van der Waals surface area contributed by atoms with Crippen molar-refractivity contribution in [3.63, 3.8) is 0 Å². The zero-order chi connectivity index (χ0) is 20.6. The van der Waals surface area contributed by atoms with E-state index >= 15 is 0 Å². The first-order valence-electron chi connectivity index (χ1n) is 8.88. The van der Waals surface area contributed by atoms with Gasteiger partial charge in [-0.2, -0.15) is 18.2 Å². The molecule has 3 heterocycles. The maximum atomic E-state index is 12.8. The number of aryl methyl sites for hydroxylation is 2. The van der Waals surface area contributed by atoms with E-state index in [9.17, 15) is 22.8 Å². The van der Waals surface area contributed by atoms with E-state index in [1.807, 2.05) is 0 Å². The van der Waals surface area contributed by atoms with Crippen molar-refractivity contribution in [2.45, 2.75) is 45.7 Å². The fraction of sp³-hybridized carbons (Fsp3) is 0.588. The molecule has 0 aromatic carbocycles. The summed E-state index contributed by atoms with van der Waals surface area (Å²) in [7, 11) is 0. The lowest BCUT2D eigenvalue weighted by Gasteiger charge is -2.30. The number of carbonyl (C=O) groups is 2. The number of nitrogens with zero attached hydrogens (tertiary/aromatic N) is 5. The average Bonchev–Trinajstić information content (AvgIpc) is 3.06. The molecule has 152 valence electrons. The van der Waals surface area contributed by atoms with Crippen LogP contribution in [0, 0.1) is 19.8 Å². The molecule has 0 unspecified atom stereocenters. The summed E-state index contributed by atoms with van der Waals surface area (Å²) >= 11 is 0. The van der Waals surface area contributed by atoms with Crippen molar-refractivity contribution in [3.05, 3.63) is 22.8 Å². The molecule has 1 atom stereocenters. The standard InChI is InChI=1S/C17H20F3N5O3/c1-9-12(5-6-13(26)24-7-3-4-11(8-24)14(27)28)10(2)25-16(21-9)22-15(23-25)17(18,19)20/h11H,3-8H2,1-2H3,(H,27,28)/t11-/m0/s1. The number of aromatic nitrogens is 4. The number of carboxylic acids is 1. The lowest BCUT2D eigenvalue weighted by molar-refractivity contribution is -0.146. The van der Waals surface area contributed by atoms with Crippen LogP contribution < -0.4 is 0 Å². The highest BCUT2D eigenvalue weighted by atomic mass is 19.4. The number of amides is 1. The predicted molar refractivity (Wildman–Crippen MR) is 90.5 cm³/mol. The zero-order valence-corrected chi connectivity index (χ0v) is 15.5. The molecule has 1 aliphatic rings. The third kappa shape index (κ3) is 3.92. The molecule has 1 amide bonds. The Morgan fingerprint density at radius 2 is 1.96 bits per heavy atom. The number of alkyl halides is 3. The van der Waals surface area contributed by atoms with Gasteiger partial charge in [0.05, 0.1) is 5.92 Å². The van der Waals surface area contributed by atoms with E-state index in [4.69, 9.17) is 5.11 Å². The van der Waals surface area contributed by atoms with Gasteiger partial charge in [-0.25, -0.2) is 9.50 Å². The van der Waals surface area contributed by atoms with E-state index in [0.717, 1.165) is 4.52 Å². The summed E-state index contributed by atoms with van der Waals surface area (Å²) in [6.07, 6.45) is -3.10. The lowest BCUT2D eigenvalue weighted by Crippen LogP contribution is -2.42. The van der Waals surface area contributed by atoms with Gasteiger partial charge in [0.2, 0.25) is 5.91 Å². The number of rotatable bonds is 4. The van der Waals surface area contributed by atoms with Gasteiger partial charge in [-0.3, -0.25) is 9.59 Å². The summed E-state index contributed by atoms with van der Waals surface area (Å²) in [4.78, 5) is 32.7. The van der Waals surface area contributed by atoms with E-state index in [0.29, 0.717) is 36.3 Å². The quantitative estimate of drug-likeness (QED) is 0.844. The fourth-order valence-corrected chi connectivity index (χ4v) is 3.49. The van der Waals surface area contributed by atoms with Crippen LogP contribution in [0.4, 0.5) is 13.2 Å². The minimum atomic E-state index is -4.67. The molecule has 0 saturated carbocycles. The van der Waals surface area contributed by atoms with Gasteiger partial charge in [0.25, 0.3) is 11.6 Å². The van der Waals surface area contributed by atoms with E-state index in [1.54, 1.807) is 13.8 Å². The number of hydrogen-bond acceptors (Lipinski definition) is 5. The highest BCUT2D eigenvalue weighted by Gasteiger charge is 2.37. The normalized spacial score (nSPS) is 17.9. The Bertz CT molecular complexity index is 925. The van der Waals surface area contributed by atoms with Gasteiger partial charge in [-0.05, 0) is 38.7 Å². The Hall–Kier alpha value is -2.72. The van der Waals surface area contributed by atoms with E-state index < -0.39 is 23.9 Å². The first-order valence-corrected chi connectivity index (χ1v) is 8.88. The van der Waals surface area contributed by atoms with Crippen molar-refractivity contribution < 1.29 is 27.9 Å². The van der Waals surface area contributed by atoms with Crippen molar-refractivity contribution in [1.82, 2.24) is 24.5 Å². The average molecular weight is 399 g/mol. The Labute approximate surface area is 158 Å². The van der Waals surface area contributed by atoms with Gasteiger partial charge in [-0.1, -0.05) is 0 Å². The molecule has 11 heteroatoms. The summed E-state index contributed by atoms with van der Waals surface area (Å²) in [6.45, 7) is 3.95. The molecule has 3 rings (SSSR count). The lowest BCUT2D eigenvalue weighted by atomic mass is 9.97. The second-order valence-electron chi connectivity index (χ2n) is 6.92. The second-order valence-corrected chi connectivity index (χ2v) is 6.92. The van der Waals surface area contributed by atoms with E-state index in [2.05, 4.69) is 15.1 Å². The third-order valence-corrected chi connectivity index (χ3v) is 5.01. The molecule has 8 nitrogen and oxygen atoms in total. The number of aliphatic carboxylic acids is 1. The highest BCUT2D eigenvalue weighted by molar-refractivity contribution is 5.78. The number of likely N-dealkylation sites (tertiary alicyclic amines) is 1. The van der Waals surface area contributed by atoms with Crippen LogP contribution in [0.15, 0.2) is 0 Å². The minimum absolute atomic E-state index is 0.113. The van der Waals surface area contributed by atoms with Gasteiger partial charge in [0.1, 0.15) is 0 Å². The zero-order valence-electron chi connectivity index (χ0n) is 15.5. The second kappa shape index (κ2) is 7.36. The summed E-state index contributed by atoms with van der Waals surface area (Å²) in [6, 6.07) is 0. The van der Waals surface area contributed by atoms with Gasteiger partial charge in [-0.15, -0.1) is 5.10 Å². The molecule has 2 aromatic heterocycles. The largest absolute Gasteiger partial charge is 0.481 e. The molecule has 0 aliphatic carbocycles. The van der Waals surface area contributed by atoms with Crippen LogP contribution in [0.3, 0.4) is 0 Å². The van der Waals surface area contributed by atoms with Crippen LogP contribution in [0.25, 0.3) is 5.78 Å². The fourth-order valence-electron chi connectivity index (χ4n) is 3.49. The summed E-state index contributed by atoms with van der Waals surface area (Å²) < 4.78 is 39.6. The van der Waals surface area contributed by atoms with Crippen LogP contribution in [-0.4, -0.2) is 54.6 Å². The minimum Gasteiger partial charge on any atom is -0.481 e. The Balaban J connectivity index is 1.77. The number of hydrogen-bond donors (Lipinski definition) is 1. The molecule has 28 heavy (non-hydrogen) atoms. The van der Waals surface area contributed by atoms with Crippen LogP contribution >= 0.6 is 0 Å². The number of carbonyl (C=O) groups excluding carboxylic acids is 1. The van der Waals surface area contributed by atoms with Crippen molar-refractivity contribution in [2.75, 3.05) is 13.1 Å². The molecular weight excluding hydrogens is 379 g/mol. The van der Waals surface area contributed by atoms with Crippen LogP contribution in [0.5, 0.6) is 0 Å². The SMILES string of the molecule is Cc1nc2nc(C(F)(F)F)nn2c(C)c1CCC(=O)N1CCC[C@H](C(=O)O)C1. The molecule has 1 N–H and O–H groups in total. The Morgan fingerprint density at radius 3 is 2.61 bits per heavy atom. The van der Waals surface area contributed by atoms with E-state index in [1.165, 1.54) is 4.90 Å². The van der Waals surface area contributed by atoms with Gasteiger partial charge < -0.3 is 10.0 Å². The first kappa shape index (κ1) is 20.0.